The van der Waals surface area contributed by atoms with Gasteiger partial charge in [-0.15, -0.1) is 0 Å². The van der Waals surface area contributed by atoms with Gasteiger partial charge in [-0.25, -0.2) is 9.78 Å². The fourth-order valence-electron chi connectivity index (χ4n) is 4.66. The number of hydrogen-bond donors (Lipinski definition) is 0. The summed E-state index contributed by atoms with van der Waals surface area (Å²) < 4.78 is 8.30. The van der Waals surface area contributed by atoms with Crippen LogP contribution in [0.15, 0.2) is 77.9 Å². The molecule has 8 heteroatoms. The second kappa shape index (κ2) is 8.32. The molecule has 0 amide bonds. The Morgan fingerprint density at radius 1 is 0.972 bits per heavy atom. The molecule has 0 saturated carbocycles. The number of benzene rings is 2. The lowest BCUT2D eigenvalue weighted by Gasteiger charge is -2.10. The fraction of sp³-hybridized carbons (Fsp3) is 0.107. The topological polar surface area (TPSA) is 98.6 Å². The number of methoxy groups -OCH3 is 1. The lowest BCUT2D eigenvalue weighted by atomic mass is 10.0. The van der Waals surface area contributed by atoms with Gasteiger partial charge < -0.3 is 4.74 Å². The first-order valence-corrected chi connectivity index (χ1v) is 11.4. The number of nitriles is 1. The molecule has 2 aromatic carbocycles. The second-order valence-electron chi connectivity index (χ2n) is 8.46. The van der Waals surface area contributed by atoms with Gasteiger partial charge in [-0.2, -0.15) is 5.26 Å². The Morgan fingerprint density at radius 2 is 1.81 bits per heavy atom. The summed E-state index contributed by atoms with van der Waals surface area (Å²) in [6.07, 6.45) is 3.50. The molecule has 0 atom stereocenters. The van der Waals surface area contributed by atoms with Gasteiger partial charge in [0.25, 0.3) is 0 Å². The van der Waals surface area contributed by atoms with Crippen LogP contribution in [0, 0.1) is 18.3 Å². The second-order valence-corrected chi connectivity index (χ2v) is 8.46. The third-order valence-corrected chi connectivity index (χ3v) is 6.39. The standard InChI is InChI=1S/C28H20N6O2/c1-17-24(9-10-26(32-17)36-2)34-27-21-14-18(20-13-19-5-3-4-6-22(19)30-15-20)7-8-23(21)31-16-25(27)33(12-11-29)28(34)35/h3-10,13-16H,12H2,1-2H3. The van der Waals surface area contributed by atoms with Gasteiger partial charge >= 0.3 is 5.69 Å². The van der Waals surface area contributed by atoms with E-state index in [0.29, 0.717) is 28.3 Å². The highest BCUT2D eigenvalue weighted by Gasteiger charge is 2.20. The van der Waals surface area contributed by atoms with E-state index in [-0.39, 0.29) is 12.2 Å². The van der Waals surface area contributed by atoms with Crippen LogP contribution in [0.3, 0.4) is 0 Å². The average molecular weight is 473 g/mol. The Balaban J connectivity index is 1.67. The maximum atomic E-state index is 13.6. The Kier molecular flexibility index (Phi) is 4.97. The van der Waals surface area contributed by atoms with Gasteiger partial charge in [0.05, 0.1) is 52.8 Å². The lowest BCUT2D eigenvalue weighted by Crippen LogP contribution is -2.23. The van der Waals surface area contributed by atoms with E-state index in [1.54, 1.807) is 23.9 Å². The Morgan fingerprint density at radius 3 is 2.61 bits per heavy atom. The number of aromatic nitrogens is 5. The van der Waals surface area contributed by atoms with Crippen LogP contribution in [0.4, 0.5) is 0 Å². The van der Waals surface area contributed by atoms with Gasteiger partial charge in [-0.05, 0) is 42.8 Å². The molecule has 0 aliphatic carbocycles. The molecule has 4 aromatic heterocycles. The zero-order valence-corrected chi connectivity index (χ0v) is 19.6. The first kappa shape index (κ1) is 21.5. The summed E-state index contributed by atoms with van der Waals surface area (Å²) in [4.78, 5) is 27.3. The average Bonchev–Trinajstić information content (AvgIpc) is 3.19. The minimum atomic E-state index is -0.325. The monoisotopic (exact) mass is 472 g/mol. The molecule has 0 fully saturated rings. The summed E-state index contributed by atoms with van der Waals surface area (Å²) in [5.41, 5.74) is 5.75. The third-order valence-electron chi connectivity index (χ3n) is 6.39. The molecule has 0 unspecified atom stereocenters. The molecule has 36 heavy (non-hydrogen) atoms. The molecule has 174 valence electrons. The molecular formula is C28H20N6O2. The quantitative estimate of drug-likeness (QED) is 0.366. The first-order valence-electron chi connectivity index (χ1n) is 11.4. The van der Waals surface area contributed by atoms with Crippen LogP contribution in [-0.4, -0.2) is 31.2 Å². The van der Waals surface area contributed by atoms with Crippen LogP contribution in [-0.2, 0) is 6.54 Å². The van der Waals surface area contributed by atoms with Crippen molar-refractivity contribution in [2.45, 2.75) is 13.5 Å². The normalized spacial score (nSPS) is 11.2. The summed E-state index contributed by atoms with van der Waals surface area (Å²) in [6.45, 7) is 1.74. The number of fused-ring (bicyclic) bond motifs is 4. The maximum absolute atomic E-state index is 13.6. The van der Waals surface area contributed by atoms with E-state index in [0.717, 1.165) is 32.9 Å². The van der Waals surface area contributed by atoms with E-state index in [2.05, 4.69) is 27.1 Å². The molecule has 0 radical (unpaired) electrons. The van der Waals surface area contributed by atoms with Crippen LogP contribution < -0.4 is 10.4 Å². The Bertz CT molecular complexity index is 1910. The lowest BCUT2D eigenvalue weighted by molar-refractivity contribution is 0.397. The zero-order valence-electron chi connectivity index (χ0n) is 19.6. The van der Waals surface area contributed by atoms with Crippen molar-refractivity contribution < 1.29 is 4.74 Å². The number of ether oxygens (including phenoxy) is 1. The molecule has 0 aliphatic heterocycles. The van der Waals surface area contributed by atoms with Gasteiger partial charge in [0.2, 0.25) is 5.88 Å². The molecule has 6 aromatic rings. The molecule has 0 spiro atoms. The van der Waals surface area contributed by atoms with E-state index in [1.165, 1.54) is 4.57 Å². The van der Waals surface area contributed by atoms with Crippen molar-refractivity contribution >= 4 is 32.8 Å². The summed E-state index contributed by atoms with van der Waals surface area (Å²) >= 11 is 0. The van der Waals surface area contributed by atoms with Crippen molar-refractivity contribution in [1.29, 1.82) is 5.26 Å². The molecular weight excluding hydrogens is 452 g/mol. The largest absolute Gasteiger partial charge is 0.481 e. The van der Waals surface area contributed by atoms with E-state index < -0.39 is 0 Å². The number of hydrogen-bond acceptors (Lipinski definition) is 6. The third kappa shape index (κ3) is 3.29. The molecule has 8 nitrogen and oxygen atoms in total. The van der Waals surface area contributed by atoms with Crippen LogP contribution in [0.1, 0.15) is 5.69 Å². The summed E-state index contributed by atoms with van der Waals surface area (Å²) in [5, 5.41) is 11.3. The van der Waals surface area contributed by atoms with Gasteiger partial charge in [0.1, 0.15) is 6.54 Å². The molecule has 0 bridgehead atoms. The highest BCUT2D eigenvalue weighted by Crippen LogP contribution is 2.31. The maximum Gasteiger partial charge on any atom is 0.334 e. The van der Waals surface area contributed by atoms with Crippen LogP contribution in [0.25, 0.3) is 49.7 Å². The summed E-state index contributed by atoms with van der Waals surface area (Å²) in [6, 6.07) is 21.7. The van der Waals surface area contributed by atoms with Gasteiger partial charge in [0.15, 0.2) is 0 Å². The van der Waals surface area contributed by atoms with Crippen molar-refractivity contribution in [2.75, 3.05) is 7.11 Å². The van der Waals surface area contributed by atoms with Crippen molar-refractivity contribution in [2.24, 2.45) is 0 Å². The van der Waals surface area contributed by atoms with Crippen molar-refractivity contribution in [1.82, 2.24) is 24.1 Å². The predicted molar refractivity (Wildman–Crippen MR) is 138 cm³/mol. The minimum Gasteiger partial charge on any atom is -0.481 e. The molecule has 6 rings (SSSR count). The number of nitrogens with zero attached hydrogens (tertiary/aromatic N) is 6. The van der Waals surface area contributed by atoms with E-state index >= 15 is 0 Å². The van der Waals surface area contributed by atoms with Gasteiger partial charge in [0, 0.05) is 28.6 Å². The predicted octanol–water partition coefficient (Wildman–Crippen LogP) is 4.79. The molecule has 0 aliphatic rings. The van der Waals surface area contributed by atoms with Crippen LogP contribution in [0.2, 0.25) is 0 Å². The van der Waals surface area contributed by atoms with E-state index in [4.69, 9.17) is 4.74 Å². The summed E-state index contributed by atoms with van der Waals surface area (Å²) in [7, 11) is 1.55. The number of imidazole rings is 1. The summed E-state index contributed by atoms with van der Waals surface area (Å²) in [5.74, 6) is 0.461. The zero-order chi connectivity index (χ0) is 24.8. The van der Waals surface area contributed by atoms with Gasteiger partial charge in [-0.1, -0.05) is 24.3 Å². The van der Waals surface area contributed by atoms with Crippen LogP contribution >= 0.6 is 0 Å². The van der Waals surface area contributed by atoms with E-state index in [1.807, 2.05) is 61.7 Å². The first-order chi connectivity index (χ1) is 17.6. The smallest absolute Gasteiger partial charge is 0.334 e. The SMILES string of the molecule is COc1ccc(-n2c(=O)n(CC#N)c3cnc4ccc(-c5cnc6ccccc6c5)cc4c32)c(C)n1. The highest BCUT2D eigenvalue weighted by molar-refractivity contribution is 6.05. The van der Waals surface area contributed by atoms with Crippen molar-refractivity contribution in [3.8, 4) is 28.8 Å². The number of aryl methyl sites for hydroxylation is 1. The number of pyridine rings is 3. The molecule has 0 N–H and O–H groups in total. The number of rotatable bonds is 4. The van der Waals surface area contributed by atoms with Crippen LogP contribution in [0.5, 0.6) is 5.88 Å². The molecule has 0 saturated heterocycles. The van der Waals surface area contributed by atoms with Gasteiger partial charge in [-0.3, -0.25) is 19.1 Å². The van der Waals surface area contributed by atoms with Crippen molar-refractivity contribution in [3.05, 3.63) is 89.2 Å². The van der Waals surface area contributed by atoms with Crippen molar-refractivity contribution in [3.63, 3.8) is 0 Å². The number of para-hydroxylation sites is 1. The Hall–Kier alpha value is -5.03. The minimum absolute atomic E-state index is 0.0908. The van der Waals surface area contributed by atoms with E-state index in [9.17, 15) is 10.1 Å². The Labute approximate surface area is 205 Å². The fourth-order valence-corrected chi connectivity index (χ4v) is 4.66. The highest BCUT2D eigenvalue weighted by atomic mass is 16.5. The molecule has 4 heterocycles.